The fourth-order valence-corrected chi connectivity index (χ4v) is 8.02. The van der Waals surface area contributed by atoms with E-state index in [1.165, 1.54) is 33.0 Å². The molecule has 0 radical (unpaired) electrons. The minimum atomic E-state index is -0.612. The van der Waals surface area contributed by atoms with E-state index in [9.17, 15) is 0 Å². The highest BCUT2D eigenvalue weighted by molar-refractivity contribution is 7.88. The Morgan fingerprint density at radius 1 is 0.828 bits per heavy atom. The van der Waals surface area contributed by atoms with Crippen LogP contribution in [0.5, 0.6) is 0 Å². The number of halogens is 1. The van der Waals surface area contributed by atoms with Crippen LogP contribution in [0.25, 0.3) is 0 Å². The van der Waals surface area contributed by atoms with Gasteiger partial charge in [0, 0.05) is 12.9 Å². The van der Waals surface area contributed by atoms with E-state index in [1.807, 2.05) is 18.2 Å². The summed E-state index contributed by atoms with van der Waals surface area (Å²) in [4.78, 5) is 5.20. The summed E-state index contributed by atoms with van der Waals surface area (Å²) in [6, 6.07) is 12.5. The molecule has 0 aliphatic carbocycles. The molecule has 2 aromatic rings. The van der Waals surface area contributed by atoms with Gasteiger partial charge in [-0.3, -0.25) is 0 Å². The number of nitrogens with zero attached hydrogens (tertiary/aromatic N) is 1. The Morgan fingerprint density at radius 3 is 1.90 bits per heavy atom. The van der Waals surface area contributed by atoms with Crippen molar-refractivity contribution in [1.82, 2.24) is 0 Å². The molecule has 0 bridgehead atoms. The first-order chi connectivity index (χ1) is 13.3. The summed E-state index contributed by atoms with van der Waals surface area (Å²) in [6.07, 6.45) is 0. The molecule has 0 spiro atoms. The number of hydrogen-bond donors (Lipinski definition) is 0. The van der Waals surface area contributed by atoms with Gasteiger partial charge in [0.25, 0.3) is 0 Å². The number of allylic oxidation sites excluding steroid dienone is 2. The molecule has 1 unspecified atom stereocenters. The van der Waals surface area contributed by atoms with E-state index in [1.54, 1.807) is 5.31 Å². The van der Waals surface area contributed by atoms with Gasteiger partial charge in [0.15, 0.2) is 0 Å². The fourth-order valence-electron chi connectivity index (χ4n) is 4.30. The monoisotopic (exact) mass is 425 g/mol. The van der Waals surface area contributed by atoms with Crippen LogP contribution in [0.1, 0.15) is 58.2 Å². The van der Waals surface area contributed by atoms with E-state index in [2.05, 4.69) is 80.5 Å². The second kappa shape index (κ2) is 7.68. The highest BCUT2D eigenvalue weighted by Gasteiger charge is 2.47. The molecule has 0 saturated carbocycles. The number of hydrogen-bond acceptors (Lipinski definition) is 1. The SMILES string of the molecule is Cc1cc(C)c(P2C(=Nc3cccc(Cl)c3)C(C(C)(C)C)=C2C(C)(C)C)c(C)c1. The van der Waals surface area contributed by atoms with E-state index in [-0.39, 0.29) is 10.8 Å². The second-order valence-electron chi connectivity index (χ2n) is 10.2. The maximum Gasteiger partial charge on any atom is 0.0766 e. The Balaban J connectivity index is 2.33. The van der Waals surface area contributed by atoms with Crippen LogP contribution in [0.4, 0.5) is 5.69 Å². The highest BCUT2D eigenvalue weighted by atomic mass is 35.5. The van der Waals surface area contributed by atoms with Crippen molar-refractivity contribution in [3.63, 3.8) is 0 Å². The molecule has 1 nitrogen and oxygen atoms in total. The molecule has 0 N–H and O–H groups in total. The van der Waals surface area contributed by atoms with Gasteiger partial charge in [-0.05, 0) is 77.1 Å². The molecule has 3 rings (SSSR count). The summed E-state index contributed by atoms with van der Waals surface area (Å²) in [6.45, 7) is 20.7. The molecule has 0 amide bonds. The van der Waals surface area contributed by atoms with Crippen molar-refractivity contribution in [1.29, 1.82) is 0 Å². The average molecular weight is 426 g/mol. The molecule has 1 aliphatic rings. The molecular formula is C26H33ClNP. The smallest absolute Gasteiger partial charge is 0.0766 e. The van der Waals surface area contributed by atoms with Crippen molar-refractivity contribution in [3.05, 3.63) is 69.0 Å². The van der Waals surface area contributed by atoms with Gasteiger partial charge in [-0.1, -0.05) is 76.9 Å². The van der Waals surface area contributed by atoms with Crippen molar-refractivity contribution >= 4 is 36.0 Å². The van der Waals surface area contributed by atoms with E-state index >= 15 is 0 Å². The van der Waals surface area contributed by atoms with Crippen LogP contribution >= 0.6 is 19.5 Å². The average Bonchev–Trinajstić information content (AvgIpc) is 2.51. The zero-order valence-corrected chi connectivity index (χ0v) is 20.9. The van der Waals surface area contributed by atoms with Crippen molar-refractivity contribution in [2.24, 2.45) is 15.8 Å². The Morgan fingerprint density at radius 2 is 1.41 bits per heavy atom. The molecule has 0 aromatic heterocycles. The van der Waals surface area contributed by atoms with Crippen LogP contribution in [0.2, 0.25) is 5.02 Å². The standard InChI is InChI=1S/C26H33ClNP/c1-16-13-17(2)22(18(3)14-16)29-23(26(7,8)9)21(25(4,5)6)24(29)28-20-12-10-11-19(27)15-20/h10-15H,1-9H3. The fraction of sp³-hybridized carbons (Fsp3) is 0.423. The van der Waals surface area contributed by atoms with Gasteiger partial charge in [-0.2, -0.15) is 0 Å². The molecule has 3 heteroatoms. The summed E-state index contributed by atoms with van der Waals surface area (Å²) < 4.78 is 0. The number of rotatable bonds is 2. The van der Waals surface area contributed by atoms with Crippen LogP contribution in [0.3, 0.4) is 0 Å². The lowest BCUT2D eigenvalue weighted by molar-refractivity contribution is 0.475. The lowest BCUT2D eigenvalue weighted by Crippen LogP contribution is -2.36. The van der Waals surface area contributed by atoms with Gasteiger partial charge in [0.2, 0.25) is 0 Å². The van der Waals surface area contributed by atoms with E-state index in [0.717, 1.165) is 10.7 Å². The number of aryl methyl sites for hydroxylation is 3. The van der Waals surface area contributed by atoms with E-state index in [4.69, 9.17) is 16.6 Å². The van der Waals surface area contributed by atoms with Crippen molar-refractivity contribution in [2.45, 2.75) is 62.3 Å². The van der Waals surface area contributed by atoms with Crippen molar-refractivity contribution in [2.75, 3.05) is 0 Å². The van der Waals surface area contributed by atoms with Crippen molar-refractivity contribution < 1.29 is 0 Å². The molecule has 1 aliphatic heterocycles. The second-order valence-corrected chi connectivity index (χ2v) is 12.6. The third-order valence-electron chi connectivity index (χ3n) is 5.26. The molecular weight excluding hydrogens is 393 g/mol. The van der Waals surface area contributed by atoms with Gasteiger partial charge in [0.05, 0.1) is 11.1 Å². The normalized spacial score (nSPS) is 19.0. The summed E-state index contributed by atoms with van der Waals surface area (Å²) in [5, 5.41) is 3.79. The number of benzene rings is 2. The Kier molecular flexibility index (Phi) is 5.89. The quantitative estimate of drug-likeness (QED) is 0.428. The molecule has 29 heavy (non-hydrogen) atoms. The van der Waals surface area contributed by atoms with Crippen LogP contribution in [-0.4, -0.2) is 5.45 Å². The highest BCUT2D eigenvalue weighted by Crippen LogP contribution is 2.68. The zero-order chi connectivity index (χ0) is 21.7. The van der Waals surface area contributed by atoms with Crippen LogP contribution in [0.15, 0.2) is 52.3 Å². The first-order valence-electron chi connectivity index (χ1n) is 10.3. The van der Waals surface area contributed by atoms with Crippen molar-refractivity contribution in [3.8, 4) is 0 Å². The number of aliphatic imine (C=N–C) groups is 1. The van der Waals surface area contributed by atoms with Gasteiger partial charge in [-0.15, -0.1) is 0 Å². The minimum absolute atomic E-state index is 0.0470. The lowest BCUT2D eigenvalue weighted by Gasteiger charge is -2.48. The maximum absolute atomic E-state index is 6.26. The topological polar surface area (TPSA) is 12.4 Å². The Labute approximate surface area is 183 Å². The van der Waals surface area contributed by atoms with Gasteiger partial charge in [0.1, 0.15) is 0 Å². The Hall–Kier alpha value is -1.43. The predicted octanol–water partition coefficient (Wildman–Crippen LogP) is 8.46. The molecule has 154 valence electrons. The summed E-state index contributed by atoms with van der Waals surface area (Å²) in [5.41, 5.74) is 7.85. The minimum Gasteiger partial charge on any atom is -0.248 e. The lowest BCUT2D eigenvalue weighted by atomic mass is 9.80. The maximum atomic E-state index is 6.26. The van der Waals surface area contributed by atoms with Gasteiger partial charge < -0.3 is 0 Å². The molecule has 1 atom stereocenters. The first-order valence-corrected chi connectivity index (χ1v) is 12.0. The molecule has 2 aromatic carbocycles. The van der Waals surface area contributed by atoms with Gasteiger partial charge in [-0.25, -0.2) is 4.99 Å². The summed E-state index contributed by atoms with van der Waals surface area (Å²) in [5.74, 6) is 0. The predicted molar refractivity (Wildman–Crippen MR) is 132 cm³/mol. The Bertz CT molecular complexity index is 993. The van der Waals surface area contributed by atoms with Crippen LogP contribution in [0, 0.1) is 31.6 Å². The summed E-state index contributed by atoms with van der Waals surface area (Å²) >= 11 is 6.26. The summed E-state index contributed by atoms with van der Waals surface area (Å²) in [7, 11) is -0.612. The molecule has 1 heterocycles. The largest absolute Gasteiger partial charge is 0.248 e. The van der Waals surface area contributed by atoms with E-state index < -0.39 is 7.92 Å². The van der Waals surface area contributed by atoms with Crippen LogP contribution in [-0.2, 0) is 0 Å². The van der Waals surface area contributed by atoms with Crippen LogP contribution < -0.4 is 5.30 Å². The molecule has 0 saturated heterocycles. The van der Waals surface area contributed by atoms with E-state index in [0.29, 0.717) is 0 Å². The van der Waals surface area contributed by atoms with Gasteiger partial charge >= 0.3 is 0 Å². The zero-order valence-electron chi connectivity index (χ0n) is 19.2. The third-order valence-corrected chi connectivity index (χ3v) is 8.74. The first kappa shape index (κ1) is 22.3. The molecule has 0 fully saturated rings. The third kappa shape index (κ3) is 4.37.